The number of para-hydroxylation sites is 1. The third kappa shape index (κ3) is 3.30. The van der Waals surface area contributed by atoms with Gasteiger partial charge in [-0.15, -0.1) is 0 Å². The number of sulfonamides is 1. The van der Waals surface area contributed by atoms with E-state index in [2.05, 4.69) is 19.2 Å². The number of hydrogen-bond donors (Lipinski definition) is 1. The summed E-state index contributed by atoms with van der Waals surface area (Å²) in [5, 5.41) is 3.13. The SMILES string of the molecule is CCNc1ccccc1S(=O)(=O)N1CCSC(C)(C)C1. The van der Waals surface area contributed by atoms with Crippen molar-refractivity contribution in [2.45, 2.75) is 30.4 Å². The number of nitrogens with one attached hydrogen (secondary N) is 1. The number of thioether (sulfide) groups is 1. The fourth-order valence-electron chi connectivity index (χ4n) is 2.35. The van der Waals surface area contributed by atoms with Gasteiger partial charge in [-0.25, -0.2) is 8.42 Å². The highest BCUT2D eigenvalue weighted by Gasteiger charge is 2.35. The Kier molecular flexibility index (Phi) is 4.66. The van der Waals surface area contributed by atoms with Crippen molar-refractivity contribution in [1.82, 2.24) is 4.31 Å². The first-order chi connectivity index (χ1) is 9.37. The molecule has 0 spiro atoms. The third-order valence-electron chi connectivity index (χ3n) is 3.26. The second kappa shape index (κ2) is 5.95. The van der Waals surface area contributed by atoms with E-state index in [-0.39, 0.29) is 4.75 Å². The molecule has 1 aromatic rings. The van der Waals surface area contributed by atoms with Crippen molar-refractivity contribution >= 4 is 27.5 Å². The van der Waals surface area contributed by atoms with E-state index in [0.717, 1.165) is 5.75 Å². The Bertz CT molecular complexity index is 570. The number of benzene rings is 1. The molecule has 1 aliphatic rings. The molecule has 0 saturated carbocycles. The van der Waals surface area contributed by atoms with Crippen molar-refractivity contribution < 1.29 is 8.42 Å². The second-order valence-corrected chi connectivity index (χ2v) is 9.18. The molecule has 0 radical (unpaired) electrons. The molecule has 0 amide bonds. The van der Waals surface area contributed by atoms with Crippen LogP contribution < -0.4 is 5.32 Å². The zero-order valence-electron chi connectivity index (χ0n) is 12.2. The van der Waals surface area contributed by atoms with E-state index in [1.807, 2.05) is 30.8 Å². The summed E-state index contributed by atoms with van der Waals surface area (Å²) in [7, 11) is -3.43. The molecule has 1 saturated heterocycles. The van der Waals surface area contributed by atoms with Gasteiger partial charge < -0.3 is 5.32 Å². The van der Waals surface area contributed by atoms with Crippen LogP contribution in [0.15, 0.2) is 29.2 Å². The molecule has 6 heteroatoms. The number of anilines is 1. The Morgan fingerprint density at radius 2 is 2.05 bits per heavy atom. The van der Waals surface area contributed by atoms with Gasteiger partial charge >= 0.3 is 0 Å². The lowest BCUT2D eigenvalue weighted by atomic mass is 10.2. The molecule has 4 nitrogen and oxygen atoms in total. The molecule has 0 unspecified atom stereocenters. The predicted octanol–water partition coefficient (Wildman–Crippen LogP) is 2.63. The van der Waals surface area contributed by atoms with Gasteiger partial charge in [0, 0.05) is 30.1 Å². The maximum absolute atomic E-state index is 12.8. The molecule has 112 valence electrons. The van der Waals surface area contributed by atoms with Gasteiger partial charge in [-0.3, -0.25) is 0 Å². The predicted molar refractivity (Wildman–Crippen MR) is 85.9 cm³/mol. The van der Waals surface area contributed by atoms with Crippen LogP contribution in [0.5, 0.6) is 0 Å². The fraction of sp³-hybridized carbons (Fsp3) is 0.571. The van der Waals surface area contributed by atoms with Gasteiger partial charge in [0.25, 0.3) is 0 Å². The van der Waals surface area contributed by atoms with Crippen LogP contribution in [-0.4, -0.2) is 42.9 Å². The molecule has 20 heavy (non-hydrogen) atoms. The van der Waals surface area contributed by atoms with E-state index in [0.29, 0.717) is 30.2 Å². The molecule has 0 atom stereocenters. The van der Waals surface area contributed by atoms with Crippen LogP contribution in [0.1, 0.15) is 20.8 Å². The molecular formula is C14H22N2O2S2. The van der Waals surface area contributed by atoms with E-state index in [1.165, 1.54) is 0 Å². The van der Waals surface area contributed by atoms with Crippen LogP contribution in [0, 0.1) is 0 Å². The Morgan fingerprint density at radius 1 is 1.35 bits per heavy atom. The van der Waals surface area contributed by atoms with Gasteiger partial charge in [0.1, 0.15) is 4.90 Å². The van der Waals surface area contributed by atoms with Crippen molar-refractivity contribution in [3.63, 3.8) is 0 Å². The topological polar surface area (TPSA) is 49.4 Å². The number of hydrogen-bond acceptors (Lipinski definition) is 4. The lowest BCUT2D eigenvalue weighted by Crippen LogP contribution is -2.46. The summed E-state index contributed by atoms with van der Waals surface area (Å²) in [6, 6.07) is 7.13. The van der Waals surface area contributed by atoms with Gasteiger partial charge in [-0.05, 0) is 32.9 Å². The minimum absolute atomic E-state index is 0.0293. The van der Waals surface area contributed by atoms with Gasteiger partial charge in [-0.2, -0.15) is 16.1 Å². The summed E-state index contributed by atoms with van der Waals surface area (Å²) in [6.45, 7) is 7.99. The van der Waals surface area contributed by atoms with Crippen LogP contribution in [0.2, 0.25) is 0 Å². The van der Waals surface area contributed by atoms with Crippen LogP contribution in [0.25, 0.3) is 0 Å². The average molecular weight is 314 g/mol. The monoisotopic (exact) mass is 314 g/mol. The van der Waals surface area contributed by atoms with Gasteiger partial charge in [-0.1, -0.05) is 12.1 Å². The Balaban J connectivity index is 2.35. The highest BCUT2D eigenvalue weighted by atomic mass is 32.2. The first kappa shape index (κ1) is 15.7. The highest BCUT2D eigenvalue weighted by Crippen LogP contribution is 2.33. The second-order valence-electron chi connectivity index (χ2n) is 5.47. The zero-order valence-corrected chi connectivity index (χ0v) is 13.9. The van der Waals surface area contributed by atoms with E-state index < -0.39 is 10.0 Å². The van der Waals surface area contributed by atoms with E-state index >= 15 is 0 Å². The van der Waals surface area contributed by atoms with Gasteiger partial charge in [0.15, 0.2) is 0 Å². The molecule has 1 heterocycles. The Hall–Kier alpha value is -0.720. The maximum Gasteiger partial charge on any atom is 0.245 e. The molecular weight excluding hydrogens is 292 g/mol. The van der Waals surface area contributed by atoms with E-state index in [4.69, 9.17) is 0 Å². The summed E-state index contributed by atoms with van der Waals surface area (Å²) in [6.07, 6.45) is 0. The fourth-order valence-corrected chi connectivity index (χ4v) is 5.43. The third-order valence-corrected chi connectivity index (χ3v) is 6.46. The molecule has 0 aromatic heterocycles. The largest absolute Gasteiger partial charge is 0.384 e. The summed E-state index contributed by atoms with van der Waals surface area (Å²) in [4.78, 5) is 0.379. The van der Waals surface area contributed by atoms with Crippen LogP contribution in [-0.2, 0) is 10.0 Å². The van der Waals surface area contributed by atoms with E-state index in [1.54, 1.807) is 16.4 Å². The van der Waals surface area contributed by atoms with Crippen molar-refractivity contribution in [2.75, 3.05) is 30.7 Å². The Morgan fingerprint density at radius 3 is 2.70 bits per heavy atom. The van der Waals surface area contributed by atoms with Crippen molar-refractivity contribution in [1.29, 1.82) is 0 Å². The highest BCUT2D eigenvalue weighted by molar-refractivity contribution is 8.00. The first-order valence-corrected chi connectivity index (χ1v) is 9.26. The minimum atomic E-state index is -3.43. The molecule has 1 N–H and O–H groups in total. The van der Waals surface area contributed by atoms with Crippen molar-refractivity contribution in [3.05, 3.63) is 24.3 Å². The van der Waals surface area contributed by atoms with Crippen molar-refractivity contribution in [2.24, 2.45) is 0 Å². The normalized spacial score (nSPS) is 19.8. The van der Waals surface area contributed by atoms with E-state index in [9.17, 15) is 8.42 Å². The summed E-state index contributed by atoms with van der Waals surface area (Å²) in [5.74, 6) is 0.843. The number of nitrogens with zero attached hydrogens (tertiary/aromatic N) is 1. The Labute approximate surface area is 126 Å². The lowest BCUT2D eigenvalue weighted by Gasteiger charge is -2.36. The quantitative estimate of drug-likeness (QED) is 0.928. The summed E-state index contributed by atoms with van der Waals surface area (Å²) < 4.78 is 27.3. The van der Waals surface area contributed by atoms with Crippen LogP contribution in [0.3, 0.4) is 0 Å². The molecule has 1 fully saturated rings. The lowest BCUT2D eigenvalue weighted by molar-refractivity contribution is 0.388. The molecule has 1 aromatic carbocycles. The molecule has 0 aliphatic carbocycles. The molecule has 0 bridgehead atoms. The van der Waals surface area contributed by atoms with Gasteiger partial charge in [0.2, 0.25) is 10.0 Å². The standard InChI is InChI=1S/C14H22N2O2S2/c1-4-15-12-7-5-6-8-13(12)20(17,18)16-9-10-19-14(2,3)11-16/h5-8,15H,4,9-11H2,1-3H3. The zero-order chi connectivity index (χ0) is 14.8. The summed E-state index contributed by atoms with van der Waals surface area (Å²) >= 11 is 1.83. The molecule has 2 rings (SSSR count). The average Bonchev–Trinajstić information content (AvgIpc) is 2.38. The van der Waals surface area contributed by atoms with Crippen LogP contribution >= 0.6 is 11.8 Å². The van der Waals surface area contributed by atoms with Crippen LogP contribution in [0.4, 0.5) is 5.69 Å². The van der Waals surface area contributed by atoms with Gasteiger partial charge in [0.05, 0.1) is 5.69 Å². The number of rotatable bonds is 4. The van der Waals surface area contributed by atoms with Crippen molar-refractivity contribution in [3.8, 4) is 0 Å². The maximum atomic E-state index is 12.8. The smallest absolute Gasteiger partial charge is 0.245 e. The minimum Gasteiger partial charge on any atom is -0.384 e. The summed E-state index contributed by atoms with van der Waals surface area (Å²) in [5.41, 5.74) is 0.686. The molecule has 1 aliphatic heterocycles. The first-order valence-electron chi connectivity index (χ1n) is 6.84.